The van der Waals surface area contributed by atoms with Crippen molar-refractivity contribution in [1.29, 1.82) is 0 Å². The number of hydrogen-bond acceptors (Lipinski definition) is 4. The van der Waals surface area contributed by atoms with E-state index < -0.39 is 0 Å². The molecule has 1 saturated heterocycles. The topological polar surface area (TPSA) is 72.2 Å². The maximum atomic E-state index is 12.7. The average Bonchev–Trinajstić information content (AvgIpc) is 3.06. The van der Waals surface area contributed by atoms with E-state index >= 15 is 0 Å². The summed E-state index contributed by atoms with van der Waals surface area (Å²) in [5, 5.41) is 9.11. The lowest BCUT2D eigenvalue weighted by molar-refractivity contribution is -0.121. The van der Waals surface area contributed by atoms with Gasteiger partial charge in [0.25, 0.3) is 5.56 Å². The zero-order chi connectivity index (χ0) is 20.2. The predicted molar refractivity (Wildman–Crippen MR) is 115 cm³/mol. The van der Waals surface area contributed by atoms with Crippen LogP contribution in [0, 0.1) is 0 Å². The van der Waals surface area contributed by atoms with Gasteiger partial charge in [0.15, 0.2) is 0 Å². The Bertz CT molecular complexity index is 1060. The van der Waals surface area contributed by atoms with Crippen molar-refractivity contribution in [2.24, 2.45) is 7.05 Å². The van der Waals surface area contributed by atoms with Crippen LogP contribution >= 0.6 is 0 Å². The van der Waals surface area contributed by atoms with Crippen molar-refractivity contribution in [1.82, 2.24) is 24.6 Å². The van der Waals surface area contributed by atoms with Crippen molar-refractivity contribution >= 4 is 27.7 Å². The van der Waals surface area contributed by atoms with Crippen LogP contribution in [0.25, 0.3) is 21.8 Å². The minimum absolute atomic E-state index is 0.0809. The molecule has 0 spiro atoms. The number of hydrogen-bond donors (Lipinski definition) is 1. The number of carbonyl (C=O) groups excluding carboxylic acids is 1. The van der Waals surface area contributed by atoms with Crippen LogP contribution in [0.5, 0.6) is 0 Å². The number of benzene rings is 1. The number of nitrogens with zero attached hydrogens (tertiary/aromatic N) is 4. The Morgan fingerprint density at radius 3 is 2.72 bits per heavy atom. The monoisotopic (exact) mass is 395 g/mol. The Kier molecular flexibility index (Phi) is 5.94. The number of carbonyl (C=O) groups is 1. The van der Waals surface area contributed by atoms with E-state index in [4.69, 9.17) is 0 Å². The van der Waals surface area contributed by atoms with Gasteiger partial charge >= 0.3 is 0 Å². The summed E-state index contributed by atoms with van der Waals surface area (Å²) >= 11 is 0. The molecule has 1 fully saturated rings. The summed E-state index contributed by atoms with van der Waals surface area (Å²) in [5.41, 5.74) is 1.57. The summed E-state index contributed by atoms with van der Waals surface area (Å²) in [4.78, 5) is 27.4. The van der Waals surface area contributed by atoms with Gasteiger partial charge in [-0.15, -0.1) is 0 Å². The second-order valence-electron chi connectivity index (χ2n) is 7.86. The summed E-state index contributed by atoms with van der Waals surface area (Å²) in [6, 6.07) is 7.98. The van der Waals surface area contributed by atoms with E-state index in [0.29, 0.717) is 31.4 Å². The highest BCUT2D eigenvalue weighted by Crippen LogP contribution is 2.26. The van der Waals surface area contributed by atoms with Gasteiger partial charge in [0.2, 0.25) is 5.91 Å². The van der Waals surface area contributed by atoms with E-state index in [2.05, 4.69) is 15.3 Å². The molecule has 3 heterocycles. The summed E-state index contributed by atoms with van der Waals surface area (Å²) < 4.78 is 3.40. The van der Waals surface area contributed by atoms with Gasteiger partial charge in [-0.3, -0.25) is 9.59 Å². The molecule has 4 rings (SSSR count). The fraction of sp³-hybridized carbons (Fsp3) is 0.500. The van der Waals surface area contributed by atoms with Crippen LogP contribution in [0.1, 0.15) is 32.1 Å². The van der Waals surface area contributed by atoms with Crippen molar-refractivity contribution < 1.29 is 4.79 Å². The van der Waals surface area contributed by atoms with Crippen LogP contribution in [-0.2, 0) is 18.4 Å². The second kappa shape index (κ2) is 8.78. The molecule has 1 aliphatic heterocycles. The van der Waals surface area contributed by atoms with Gasteiger partial charge in [0.05, 0.1) is 6.20 Å². The molecule has 1 aromatic carbocycles. The largest absolute Gasteiger partial charge is 0.355 e. The number of amides is 1. The number of rotatable bonds is 7. The minimum atomic E-state index is -0.107. The zero-order valence-corrected chi connectivity index (χ0v) is 17.1. The average molecular weight is 396 g/mol. The molecule has 0 bridgehead atoms. The first-order valence-corrected chi connectivity index (χ1v) is 10.6. The molecule has 7 nitrogen and oxygen atoms in total. The van der Waals surface area contributed by atoms with Crippen LogP contribution in [0.3, 0.4) is 0 Å². The molecule has 1 N–H and O–H groups in total. The third-order valence-corrected chi connectivity index (χ3v) is 5.85. The summed E-state index contributed by atoms with van der Waals surface area (Å²) in [6.45, 7) is 4.56. The molecule has 0 unspecified atom stereocenters. The molecule has 1 aliphatic rings. The Hall–Kier alpha value is -2.67. The smallest absolute Gasteiger partial charge is 0.291 e. The molecule has 0 radical (unpaired) electrons. The highest BCUT2D eigenvalue weighted by molar-refractivity contribution is 6.07. The van der Waals surface area contributed by atoms with Crippen molar-refractivity contribution in [2.45, 2.75) is 38.6 Å². The van der Waals surface area contributed by atoms with Gasteiger partial charge in [-0.25, -0.2) is 4.68 Å². The molecule has 3 aromatic rings. The van der Waals surface area contributed by atoms with Gasteiger partial charge in [-0.2, -0.15) is 5.10 Å². The van der Waals surface area contributed by atoms with E-state index in [9.17, 15) is 9.59 Å². The first-order chi connectivity index (χ1) is 14.1. The third-order valence-electron chi connectivity index (χ3n) is 5.85. The number of para-hydroxylation sites is 1. The lowest BCUT2D eigenvalue weighted by Gasteiger charge is -2.26. The summed E-state index contributed by atoms with van der Waals surface area (Å²) in [5.74, 6) is 0.0809. The van der Waals surface area contributed by atoms with E-state index in [1.807, 2.05) is 28.8 Å². The molecule has 0 aliphatic carbocycles. The molecule has 7 heteroatoms. The van der Waals surface area contributed by atoms with E-state index in [1.54, 1.807) is 13.2 Å². The summed E-state index contributed by atoms with van der Waals surface area (Å²) in [7, 11) is 1.67. The van der Waals surface area contributed by atoms with E-state index in [0.717, 1.165) is 35.9 Å². The minimum Gasteiger partial charge on any atom is -0.355 e. The first-order valence-electron chi connectivity index (χ1n) is 10.6. The normalized spacial score (nSPS) is 15.2. The Morgan fingerprint density at radius 2 is 1.90 bits per heavy atom. The number of fused-ring (bicyclic) bond motifs is 3. The van der Waals surface area contributed by atoms with Gasteiger partial charge in [-0.1, -0.05) is 24.6 Å². The fourth-order valence-electron chi connectivity index (χ4n) is 4.30. The Balaban J connectivity index is 1.39. The van der Waals surface area contributed by atoms with Crippen molar-refractivity contribution in [3.8, 4) is 0 Å². The van der Waals surface area contributed by atoms with Crippen LogP contribution < -0.4 is 10.9 Å². The van der Waals surface area contributed by atoms with Crippen LogP contribution in [0.2, 0.25) is 0 Å². The number of aromatic nitrogens is 3. The van der Waals surface area contributed by atoms with Crippen molar-refractivity contribution in [3.05, 3.63) is 40.8 Å². The molecule has 1 amide bonds. The molecule has 154 valence electrons. The van der Waals surface area contributed by atoms with Gasteiger partial charge < -0.3 is 14.8 Å². The number of likely N-dealkylation sites (tertiary alicyclic amines) is 1. The van der Waals surface area contributed by atoms with Crippen molar-refractivity contribution in [3.63, 3.8) is 0 Å². The van der Waals surface area contributed by atoms with Gasteiger partial charge in [0, 0.05) is 49.4 Å². The lowest BCUT2D eigenvalue weighted by Crippen LogP contribution is -2.37. The number of aryl methyl sites for hydroxylation is 2. The Labute approximate surface area is 170 Å². The SMILES string of the molecule is Cn1ncc2c3ccccc3n(CCCC(=O)NCCN3CCCCC3)c2c1=O. The summed E-state index contributed by atoms with van der Waals surface area (Å²) in [6.07, 6.45) is 6.76. The maximum absolute atomic E-state index is 12.7. The van der Waals surface area contributed by atoms with Crippen LogP contribution in [0.4, 0.5) is 0 Å². The van der Waals surface area contributed by atoms with Gasteiger partial charge in [0.1, 0.15) is 5.52 Å². The maximum Gasteiger partial charge on any atom is 0.291 e. The number of piperidine rings is 1. The van der Waals surface area contributed by atoms with Crippen LogP contribution in [-0.4, -0.2) is 51.3 Å². The quantitative estimate of drug-likeness (QED) is 0.666. The lowest BCUT2D eigenvalue weighted by atomic mass is 10.1. The highest BCUT2D eigenvalue weighted by atomic mass is 16.1. The molecule has 2 aromatic heterocycles. The zero-order valence-electron chi connectivity index (χ0n) is 17.1. The second-order valence-corrected chi connectivity index (χ2v) is 7.86. The third kappa shape index (κ3) is 4.19. The van der Waals surface area contributed by atoms with E-state index in [-0.39, 0.29) is 11.5 Å². The molecule has 0 saturated carbocycles. The molecular formula is C22H29N5O2. The Morgan fingerprint density at radius 1 is 1.10 bits per heavy atom. The molecular weight excluding hydrogens is 366 g/mol. The molecule has 0 atom stereocenters. The standard InChI is InChI=1S/C22H29N5O2/c1-25-22(29)21-18(16-24-25)17-8-3-4-9-19(17)27(21)14-7-10-20(28)23-11-15-26-12-5-2-6-13-26/h3-4,8-9,16H,2,5-7,10-15H2,1H3,(H,23,28). The van der Waals surface area contributed by atoms with Crippen molar-refractivity contribution in [2.75, 3.05) is 26.2 Å². The highest BCUT2D eigenvalue weighted by Gasteiger charge is 2.15. The predicted octanol–water partition coefficient (Wildman–Crippen LogP) is 2.27. The van der Waals surface area contributed by atoms with E-state index in [1.165, 1.54) is 23.9 Å². The fourth-order valence-corrected chi connectivity index (χ4v) is 4.30. The molecule has 29 heavy (non-hydrogen) atoms. The van der Waals surface area contributed by atoms with Gasteiger partial charge in [-0.05, 0) is 38.4 Å². The number of nitrogens with one attached hydrogen (secondary N) is 1. The first kappa shape index (κ1) is 19.6. The van der Waals surface area contributed by atoms with Crippen LogP contribution in [0.15, 0.2) is 35.3 Å².